The maximum Gasteiger partial charge on any atom is 0.347 e. The number of nitrogens with zero attached hydrogens (tertiary/aromatic N) is 1. The summed E-state index contributed by atoms with van der Waals surface area (Å²) in [5, 5.41) is 0. The first kappa shape index (κ1) is 16.3. The largest absolute Gasteiger partial charge is 0.479 e. The molecule has 0 aliphatic carbocycles. The molecule has 0 amide bonds. The SMILES string of the molecule is C[C@H](Oc1ccccc1)C(=O)OC[C@H]1CCCN2CCCC[C@H]12. The van der Waals surface area contributed by atoms with Crippen LogP contribution in [0.2, 0.25) is 0 Å². The van der Waals surface area contributed by atoms with Gasteiger partial charge in [-0.2, -0.15) is 0 Å². The predicted molar refractivity (Wildman–Crippen MR) is 89.4 cm³/mol. The second kappa shape index (κ2) is 7.82. The Labute approximate surface area is 138 Å². The molecule has 4 heteroatoms. The highest BCUT2D eigenvalue weighted by atomic mass is 16.6. The molecule has 23 heavy (non-hydrogen) atoms. The quantitative estimate of drug-likeness (QED) is 0.781. The first-order valence-electron chi connectivity index (χ1n) is 8.86. The van der Waals surface area contributed by atoms with E-state index in [0.717, 1.165) is 0 Å². The molecular weight excluding hydrogens is 290 g/mol. The molecule has 2 aliphatic rings. The molecule has 0 radical (unpaired) electrons. The van der Waals surface area contributed by atoms with Gasteiger partial charge in [0.05, 0.1) is 6.61 Å². The van der Waals surface area contributed by atoms with Gasteiger partial charge in [-0.15, -0.1) is 0 Å². The molecule has 3 atom stereocenters. The molecule has 0 saturated carbocycles. The third-order valence-corrected chi connectivity index (χ3v) is 5.06. The van der Waals surface area contributed by atoms with Crippen LogP contribution >= 0.6 is 0 Å². The monoisotopic (exact) mass is 317 g/mol. The summed E-state index contributed by atoms with van der Waals surface area (Å²) in [7, 11) is 0. The summed E-state index contributed by atoms with van der Waals surface area (Å²) in [6.45, 7) is 4.71. The topological polar surface area (TPSA) is 38.8 Å². The second-order valence-electron chi connectivity index (χ2n) is 6.70. The zero-order valence-corrected chi connectivity index (χ0v) is 13.9. The first-order valence-corrected chi connectivity index (χ1v) is 8.86. The smallest absolute Gasteiger partial charge is 0.347 e. The van der Waals surface area contributed by atoms with Gasteiger partial charge in [0.15, 0.2) is 6.10 Å². The fourth-order valence-corrected chi connectivity index (χ4v) is 3.83. The van der Waals surface area contributed by atoms with E-state index in [1.54, 1.807) is 6.92 Å². The van der Waals surface area contributed by atoms with Crippen LogP contribution in [0.3, 0.4) is 0 Å². The molecule has 4 nitrogen and oxygen atoms in total. The summed E-state index contributed by atoms with van der Waals surface area (Å²) in [6.07, 6.45) is 5.68. The van der Waals surface area contributed by atoms with Gasteiger partial charge >= 0.3 is 5.97 Å². The van der Waals surface area contributed by atoms with Crippen molar-refractivity contribution in [3.8, 4) is 5.75 Å². The second-order valence-corrected chi connectivity index (χ2v) is 6.70. The number of carbonyl (C=O) groups excluding carboxylic acids is 1. The Morgan fingerprint density at radius 3 is 2.78 bits per heavy atom. The van der Waals surface area contributed by atoms with Crippen LogP contribution in [0.15, 0.2) is 30.3 Å². The molecule has 0 bridgehead atoms. The Hall–Kier alpha value is -1.55. The average molecular weight is 317 g/mol. The number of esters is 1. The molecule has 0 aromatic heterocycles. The maximum atomic E-state index is 12.2. The summed E-state index contributed by atoms with van der Waals surface area (Å²) in [6, 6.07) is 10.0. The van der Waals surface area contributed by atoms with Crippen molar-refractivity contribution in [2.75, 3.05) is 19.7 Å². The highest BCUT2D eigenvalue weighted by Gasteiger charge is 2.34. The molecule has 2 aliphatic heterocycles. The van der Waals surface area contributed by atoms with E-state index in [9.17, 15) is 4.79 Å². The van der Waals surface area contributed by atoms with Crippen molar-refractivity contribution in [3.05, 3.63) is 30.3 Å². The van der Waals surface area contributed by atoms with Crippen LogP contribution in [0.1, 0.15) is 39.0 Å². The maximum absolute atomic E-state index is 12.2. The number of carbonyl (C=O) groups is 1. The van der Waals surface area contributed by atoms with Crippen LogP contribution in [-0.2, 0) is 9.53 Å². The van der Waals surface area contributed by atoms with E-state index in [2.05, 4.69) is 4.90 Å². The van der Waals surface area contributed by atoms with E-state index < -0.39 is 6.10 Å². The van der Waals surface area contributed by atoms with E-state index in [1.807, 2.05) is 30.3 Å². The zero-order chi connectivity index (χ0) is 16.1. The number of fused-ring (bicyclic) bond motifs is 1. The van der Waals surface area contributed by atoms with Crippen LogP contribution in [0.5, 0.6) is 5.75 Å². The molecule has 0 spiro atoms. The van der Waals surface area contributed by atoms with Gasteiger partial charge in [0.1, 0.15) is 5.75 Å². The van der Waals surface area contributed by atoms with Gasteiger partial charge in [0.25, 0.3) is 0 Å². The van der Waals surface area contributed by atoms with Gasteiger partial charge in [-0.1, -0.05) is 24.6 Å². The fourth-order valence-electron chi connectivity index (χ4n) is 3.83. The lowest BCUT2D eigenvalue weighted by molar-refractivity contribution is -0.154. The highest BCUT2D eigenvalue weighted by Crippen LogP contribution is 2.31. The summed E-state index contributed by atoms with van der Waals surface area (Å²) >= 11 is 0. The standard InChI is InChI=1S/C19H27NO3/c1-15(23-17-9-3-2-4-10-17)19(21)22-14-16-8-7-13-20-12-6-5-11-18(16)20/h2-4,9-10,15-16,18H,5-8,11-14H2,1H3/t15-,16+,18+/m0/s1. The third kappa shape index (κ3) is 4.25. The van der Waals surface area contributed by atoms with Crippen molar-refractivity contribution in [2.45, 2.75) is 51.2 Å². The Bertz CT molecular complexity index is 503. The van der Waals surface area contributed by atoms with Gasteiger partial charge in [-0.3, -0.25) is 4.90 Å². The van der Waals surface area contributed by atoms with E-state index in [0.29, 0.717) is 24.3 Å². The number of para-hydroxylation sites is 1. The van der Waals surface area contributed by atoms with Crippen LogP contribution < -0.4 is 4.74 Å². The third-order valence-electron chi connectivity index (χ3n) is 5.06. The molecule has 3 rings (SSSR count). The average Bonchev–Trinajstić information content (AvgIpc) is 2.60. The van der Waals surface area contributed by atoms with Gasteiger partial charge in [0, 0.05) is 12.0 Å². The summed E-state index contributed by atoms with van der Waals surface area (Å²) < 4.78 is 11.2. The van der Waals surface area contributed by atoms with E-state index in [-0.39, 0.29) is 5.97 Å². The summed E-state index contributed by atoms with van der Waals surface area (Å²) in [4.78, 5) is 14.8. The van der Waals surface area contributed by atoms with Crippen LogP contribution in [0.25, 0.3) is 0 Å². The van der Waals surface area contributed by atoms with Crippen molar-refractivity contribution in [1.29, 1.82) is 0 Å². The van der Waals surface area contributed by atoms with E-state index >= 15 is 0 Å². The minimum Gasteiger partial charge on any atom is -0.479 e. The molecule has 2 heterocycles. The Morgan fingerprint density at radius 2 is 1.96 bits per heavy atom. The van der Waals surface area contributed by atoms with Crippen LogP contribution in [0, 0.1) is 5.92 Å². The lowest BCUT2D eigenvalue weighted by atomic mass is 9.84. The number of benzene rings is 1. The number of hydrogen-bond donors (Lipinski definition) is 0. The van der Waals surface area contributed by atoms with Crippen molar-refractivity contribution in [3.63, 3.8) is 0 Å². The van der Waals surface area contributed by atoms with E-state index in [1.165, 1.54) is 45.2 Å². The molecule has 1 aromatic rings. The van der Waals surface area contributed by atoms with Crippen molar-refractivity contribution >= 4 is 5.97 Å². The molecule has 2 saturated heterocycles. The van der Waals surface area contributed by atoms with Crippen LogP contribution in [-0.4, -0.2) is 42.7 Å². The Kier molecular flexibility index (Phi) is 5.55. The van der Waals surface area contributed by atoms with E-state index in [4.69, 9.17) is 9.47 Å². The van der Waals surface area contributed by atoms with Gasteiger partial charge in [-0.05, 0) is 57.8 Å². The Morgan fingerprint density at radius 1 is 1.17 bits per heavy atom. The van der Waals surface area contributed by atoms with Crippen molar-refractivity contribution in [1.82, 2.24) is 4.90 Å². The molecular formula is C19H27NO3. The lowest BCUT2D eigenvalue weighted by Crippen LogP contribution is -2.49. The van der Waals surface area contributed by atoms with Gasteiger partial charge in [-0.25, -0.2) is 4.79 Å². The summed E-state index contributed by atoms with van der Waals surface area (Å²) in [5.41, 5.74) is 0. The predicted octanol–water partition coefficient (Wildman–Crippen LogP) is 3.26. The fraction of sp³-hybridized carbons (Fsp3) is 0.632. The lowest BCUT2D eigenvalue weighted by Gasteiger charge is -2.44. The highest BCUT2D eigenvalue weighted by molar-refractivity contribution is 5.74. The first-order chi connectivity index (χ1) is 11.2. The van der Waals surface area contributed by atoms with Crippen molar-refractivity contribution in [2.24, 2.45) is 5.92 Å². The number of ether oxygens (including phenoxy) is 2. The van der Waals surface area contributed by atoms with Gasteiger partial charge < -0.3 is 9.47 Å². The molecule has 126 valence electrons. The van der Waals surface area contributed by atoms with Gasteiger partial charge in [0.2, 0.25) is 0 Å². The zero-order valence-electron chi connectivity index (χ0n) is 13.9. The van der Waals surface area contributed by atoms with Crippen molar-refractivity contribution < 1.29 is 14.3 Å². The minimum atomic E-state index is -0.566. The minimum absolute atomic E-state index is 0.262. The number of piperidine rings is 2. The number of hydrogen-bond acceptors (Lipinski definition) is 4. The molecule has 1 aromatic carbocycles. The molecule has 2 fully saturated rings. The Balaban J connectivity index is 1.48. The normalized spacial score (nSPS) is 26.1. The van der Waals surface area contributed by atoms with Crippen LogP contribution in [0.4, 0.5) is 0 Å². The summed E-state index contributed by atoms with van der Waals surface area (Å²) in [5.74, 6) is 0.923. The number of rotatable bonds is 5. The molecule has 0 unspecified atom stereocenters. The molecule has 0 N–H and O–H groups in total.